The molecule has 1 aliphatic carbocycles. The van der Waals surface area contributed by atoms with E-state index in [9.17, 15) is 10.0 Å². The highest BCUT2D eigenvalue weighted by Crippen LogP contribution is 2.58. The highest BCUT2D eigenvalue weighted by atomic mass is 32.1. The van der Waals surface area contributed by atoms with Crippen LogP contribution in [0.2, 0.25) is 0 Å². The smallest absolute Gasteiger partial charge is 0.423 e. The van der Waals surface area contributed by atoms with Crippen LogP contribution in [0.15, 0.2) is 97.1 Å². The molecule has 5 aromatic carbocycles. The van der Waals surface area contributed by atoms with E-state index in [0.29, 0.717) is 5.46 Å². The molecule has 0 radical (unpaired) electrons. The fraction of sp³-hybridized carbons (Fsp3) is 0.167. The van der Waals surface area contributed by atoms with E-state index in [4.69, 9.17) is 0 Å². The van der Waals surface area contributed by atoms with Crippen LogP contribution in [0.3, 0.4) is 0 Å². The van der Waals surface area contributed by atoms with Crippen molar-refractivity contribution in [3.05, 3.63) is 119 Å². The van der Waals surface area contributed by atoms with Crippen LogP contribution >= 0.6 is 11.3 Å². The highest BCUT2D eigenvalue weighted by molar-refractivity contribution is 7.27. The van der Waals surface area contributed by atoms with Gasteiger partial charge in [0.05, 0.1) is 21.8 Å². The zero-order valence-electron chi connectivity index (χ0n) is 23.6. The molecule has 0 spiro atoms. The second-order valence-electron chi connectivity index (χ2n) is 12.4. The third-order valence-corrected chi connectivity index (χ3v) is 10.8. The summed E-state index contributed by atoms with van der Waals surface area (Å²) in [6.07, 6.45) is 0. The topological polar surface area (TPSA) is 43.7 Å². The number of anilines is 3. The van der Waals surface area contributed by atoms with Gasteiger partial charge >= 0.3 is 7.12 Å². The molecule has 0 fully saturated rings. The van der Waals surface area contributed by atoms with Crippen molar-refractivity contribution in [1.82, 2.24) is 0 Å². The molecule has 1 aromatic heterocycles. The van der Waals surface area contributed by atoms with Crippen molar-refractivity contribution in [2.24, 2.45) is 0 Å². The first kappa shape index (κ1) is 24.9. The Bertz CT molecular complexity index is 2060. The van der Waals surface area contributed by atoms with Crippen LogP contribution in [-0.2, 0) is 10.8 Å². The predicted molar refractivity (Wildman–Crippen MR) is 174 cm³/mol. The zero-order valence-corrected chi connectivity index (χ0v) is 24.4. The average Bonchev–Trinajstić information content (AvgIpc) is 3.46. The minimum absolute atomic E-state index is 0.108. The second kappa shape index (κ2) is 8.33. The van der Waals surface area contributed by atoms with Gasteiger partial charge in [0.25, 0.3) is 0 Å². The minimum atomic E-state index is -1.51. The summed E-state index contributed by atoms with van der Waals surface area (Å²) in [6.45, 7) is 9.36. The van der Waals surface area contributed by atoms with Crippen LogP contribution in [0.5, 0.6) is 0 Å². The Morgan fingerprint density at radius 3 is 1.98 bits per heavy atom. The van der Waals surface area contributed by atoms with Gasteiger partial charge in [-0.1, -0.05) is 100 Å². The fourth-order valence-electron chi connectivity index (χ4n) is 7.36. The van der Waals surface area contributed by atoms with E-state index >= 15 is 0 Å². The number of para-hydroxylation sites is 1. The Labute approximate surface area is 244 Å². The molecule has 0 bridgehead atoms. The number of thiophene rings is 1. The monoisotopic (exact) mass is 551 g/mol. The lowest BCUT2D eigenvalue weighted by atomic mass is 9.72. The van der Waals surface area contributed by atoms with Gasteiger partial charge in [0.1, 0.15) is 0 Å². The van der Waals surface area contributed by atoms with E-state index in [1.807, 2.05) is 6.07 Å². The van der Waals surface area contributed by atoms with E-state index in [-0.39, 0.29) is 10.8 Å². The lowest BCUT2D eigenvalue weighted by Crippen LogP contribution is -2.31. The van der Waals surface area contributed by atoms with Gasteiger partial charge in [-0.25, -0.2) is 0 Å². The van der Waals surface area contributed by atoms with Crippen LogP contribution in [0.1, 0.15) is 49.9 Å². The van der Waals surface area contributed by atoms with Crippen molar-refractivity contribution >= 4 is 61.2 Å². The molecule has 0 amide bonds. The quantitative estimate of drug-likeness (QED) is 0.214. The summed E-state index contributed by atoms with van der Waals surface area (Å²) in [5, 5.41) is 22.5. The van der Waals surface area contributed by atoms with Gasteiger partial charge < -0.3 is 14.9 Å². The van der Waals surface area contributed by atoms with Crippen molar-refractivity contribution in [1.29, 1.82) is 0 Å². The van der Waals surface area contributed by atoms with E-state index in [2.05, 4.69) is 118 Å². The van der Waals surface area contributed by atoms with Crippen molar-refractivity contribution in [2.45, 2.75) is 38.5 Å². The summed E-state index contributed by atoms with van der Waals surface area (Å²) in [6, 6.07) is 34.8. The Morgan fingerprint density at radius 1 is 0.561 bits per heavy atom. The van der Waals surface area contributed by atoms with Gasteiger partial charge in [-0.2, -0.15) is 0 Å². The third kappa shape index (κ3) is 3.23. The first-order valence-corrected chi connectivity index (χ1v) is 15.0. The van der Waals surface area contributed by atoms with Gasteiger partial charge in [0.2, 0.25) is 0 Å². The van der Waals surface area contributed by atoms with E-state index < -0.39 is 7.12 Å². The summed E-state index contributed by atoms with van der Waals surface area (Å²) in [7, 11) is -1.51. The number of rotatable bonds is 2. The molecule has 3 nitrogen and oxygen atoms in total. The standard InChI is InChI=1S/C36H30BNO2S/c1-35(2)25-14-6-5-11-21(25)24-19-28-32(20-27(24)35)38(30-17-8-7-15-26(30)36(28,3)4)31-18-10-13-23-22-12-9-16-29(37(39)40)33(22)41-34(23)31/h5-20,39-40H,1-4H3. The molecule has 0 atom stereocenters. The average molecular weight is 552 g/mol. The molecule has 2 N–H and O–H groups in total. The molecule has 2 heterocycles. The van der Waals surface area contributed by atoms with Crippen molar-refractivity contribution in [3.8, 4) is 11.1 Å². The SMILES string of the molecule is CC1(C)c2ccccc2-c2cc3c(cc21)N(c1cccc2c1sc1c(B(O)O)cccc12)c1ccccc1C3(C)C. The summed E-state index contributed by atoms with van der Waals surface area (Å²) in [5.74, 6) is 0. The molecule has 0 unspecified atom stereocenters. The summed E-state index contributed by atoms with van der Waals surface area (Å²) in [5.41, 5.74) is 11.8. The maximum Gasteiger partial charge on any atom is 0.489 e. The van der Waals surface area contributed by atoms with Gasteiger partial charge in [-0.05, 0) is 63.1 Å². The van der Waals surface area contributed by atoms with Crippen LogP contribution in [-0.4, -0.2) is 17.2 Å². The molecule has 200 valence electrons. The largest absolute Gasteiger partial charge is 0.489 e. The maximum absolute atomic E-state index is 10.1. The molecular weight excluding hydrogens is 521 g/mol. The minimum Gasteiger partial charge on any atom is -0.423 e. The second-order valence-corrected chi connectivity index (χ2v) is 13.4. The number of fused-ring (bicyclic) bond motifs is 8. The lowest BCUT2D eigenvalue weighted by molar-refractivity contribution is 0.426. The van der Waals surface area contributed by atoms with Crippen LogP contribution in [0.25, 0.3) is 31.3 Å². The normalized spacial score (nSPS) is 15.9. The molecule has 6 aromatic rings. The van der Waals surface area contributed by atoms with Crippen LogP contribution in [0, 0.1) is 0 Å². The lowest BCUT2D eigenvalue weighted by Gasteiger charge is -2.43. The van der Waals surface area contributed by atoms with Crippen molar-refractivity contribution in [2.75, 3.05) is 4.90 Å². The van der Waals surface area contributed by atoms with Gasteiger partial charge in [0.15, 0.2) is 0 Å². The number of benzene rings is 5. The van der Waals surface area contributed by atoms with Crippen LogP contribution < -0.4 is 10.4 Å². The molecule has 0 saturated carbocycles. The number of hydrogen-bond acceptors (Lipinski definition) is 4. The maximum atomic E-state index is 10.1. The fourth-order valence-corrected chi connectivity index (χ4v) is 8.70. The van der Waals surface area contributed by atoms with Gasteiger partial charge in [0, 0.05) is 26.3 Å². The first-order chi connectivity index (χ1) is 19.7. The van der Waals surface area contributed by atoms with Gasteiger partial charge in [-0.3, -0.25) is 0 Å². The molecule has 41 heavy (non-hydrogen) atoms. The molecule has 2 aliphatic rings. The van der Waals surface area contributed by atoms with E-state index in [1.54, 1.807) is 17.4 Å². The Morgan fingerprint density at radius 2 is 1.20 bits per heavy atom. The van der Waals surface area contributed by atoms with Crippen molar-refractivity contribution < 1.29 is 10.0 Å². The number of hydrogen-bond donors (Lipinski definition) is 2. The molecule has 8 rings (SSSR count). The first-order valence-electron chi connectivity index (χ1n) is 14.2. The third-order valence-electron chi connectivity index (χ3n) is 9.49. The van der Waals surface area contributed by atoms with Crippen molar-refractivity contribution in [3.63, 3.8) is 0 Å². The molecule has 1 aliphatic heterocycles. The summed E-state index contributed by atoms with van der Waals surface area (Å²) < 4.78 is 2.06. The number of nitrogens with zero attached hydrogens (tertiary/aromatic N) is 1. The Balaban J connectivity index is 1.47. The highest BCUT2D eigenvalue weighted by Gasteiger charge is 2.42. The van der Waals surface area contributed by atoms with E-state index in [1.165, 1.54) is 44.8 Å². The van der Waals surface area contributed by atoms with E-state index in [0.717, 1.165) is 25.9 Å². The Hall–Kier alpha value is -3.90. The van der Waals surface area contributed by atoms with Gasteiger partial charge in [-0.15, -0.1) is 11.3 Å². The molecular formula is C36H30BNO2S. The molecule has 5 heteroatoms. The predicted octanol–water partition coefficient (Wildman–Crippen LogP) is 8.15. The molecule has 0 saturated heterocycles. The summed E-state index contributed by atoms with van der Waals surface area (Å²) in [4.78, 5) is 2.45. The zero-order chi connectivity index (χ0) is 28.3. The Kier molecular flexibility index (Phi) is 5.05. The van der Waals surface area contributed by atoms with Crippen LogP contribution in [0.4, 0.5) is 17.1 Å². The summed E-state index contributed by atoms with van der Waals surface area (Å²) >= 11 is 1.64.